The Kier molecular flexibility index (Phi) is 2.88. The number of hydrogen-bond donors (Lipinski definition) is 0. The van der Waals surface area contributed by atoms with E-state index in [1.807, 2.05) is 0 Å². The molecule has 3 aromatic rings. The lowest BCUT2D eigenvalue weighted by Crippen LogP contribution is -2.31. The Morgan fingerprint density at radius 1 is 0.667 bits per heavy atom. The van der Waals surface area contributed by atoms with Crippen molar-refractivity contribution < 1.29 is 0 Å². The van der Waals surface area contributed by atoms with E-state index in [4.69, 9.17) is 0 Å². The molecule has 3 aliphatic rings. The van der Waals surface area contributed by atoms with Crippen LogP contribution in [0.25, 0.3) is 11.1 Å². The summed E-state index contributed by atoms with van der Waals surface area (Å²) in [6.45, 7) is 2.46. The molecule has 0 N–H and O–H groups in total. The highest BCUT2D eigenvalue weighted by molar-refractivity contribution is 5.89. The second-order valence-corrected chi connectivity index (χ2v) is 8.27. The average Bonchev–Trinajstić information content (AvgIpc) is 3.02. The predicted molar refractivity (Wildman–Crippen MR) is 112 cm³/mol. The van der Waals surface area contributed by atoms with E-state index < -0.39 is 0 Å². The average molecular weight is 346 g/mol. The number of fused-ring (bicyclic) bond motifs is 10. The van der Waals surface area contributed by atoms with Gasteiger partial charge < -0.3 is 0 Å². The molecule has 0 aromatic heterocycles. The first-order valence-corrected chi connectivity index (χ1v) is 9.95. The Balaban J connectivity index is 1.84. The van der Waals surface area contributed by atoms with Crippen molar-refractivity contribution in [2.75, 3.05) is 0 Å². The van der Waals surface area contributed by atoms with Gasteiger partial charge in [-0.25, -0.2) is 0 Å². The molecule has 1 unspecified atom stereocenters. The molecule has 130 valence electrons. The van der Waals surface area contributed by atoms with Gasteiger partial charge in [-0.2, -0.15) is 0 Å². The Morgan fingerprint density at radius 3 is 1.89 bits per heavy atom. The van der Waals surface area contributed by atoms with Crippen LogP contribution in [0.4, 0.5) is 0 Å². The van der Waals surface area contributed by atoms with Gasteiger partial charge >= 0.3 is 0 Å². The molecule has 0 heteroatoms. The van der Waals surface area contributed by atoms with E-state index in [0.717, 1.165) is 6.42 Å². The number of allylic oxidation sites excluding steroid dienone is 4. The summed E-state index contributed by atoms with van der Waals surface area (Å²) in [4.78, 5) is 0. The Hall–Kier alpha value is -2.86. The minimum absolute atomic E-state index is 0.0741. The molecule has 0 fully saturated rings. The summed E-state index contributed by atoms with van der Waals surface area (Å²) in [6, 6.07) is 27.2. The maximum atomic E-state index is 2.46. The van der Waals surface area contributed by atoms with Crippen molar-refractivity contribution in [3.8, 4) is 11.1 Å². The number of hydrogen-bond acceptors (Lipinski definition) is 0. The van der Waals surface area contributed by atoms with Crippen molar-refractivity contribution in [3.05, 3.63) is 119 Å². The van der Waals surface area contributed by atoms with Crippen LogP contribution in [0, 0.1) is 0 Å². The Bertz CT molecular complexity index is 1100. The molecule has 1 atom stereocenters. The van der Waals surface area contributed by atoms with E-state index in [1.165, 1.54) is 39.8 Å². The fraction of sp³-hybridized carbons (Fsp3) is 0.185. The summed E-state index contributed by atoms with van der Waals surface area (Å²) in [6.07, 6.45) is 9.34. The lowest BCUT2D eigenvalue weighted by atomic mass is 9.66. The zero-order valence-electron chi connectivity index (χ0n) is 15.6. The van der Waals surface area contributed by atoms with Crippen LogP contribution >= 0.6 is 0 Å². The number of benzene rings is 3. The molecule has 0 bridgehead atoms. The highest BCUT2D eigenvalue weighted by Gasteiger charge is 2.58. The fourth-order valence-electron chi connectivity index (χ4n) is 6.02. The minimum atomic E-state index is -0.160. The lowest BCUT2D eigenvalue weighted by Gasteiger charge is -2.35. The van der Waals surface area contributed by atoms with Gasteiger partial charge in [0.1, 0.15) is 0 Å². The molecule has 1 spiro atoms. The SMILES string of the molecule is CC12CCC=CC=C1C1(c3ccccc3-c3ccccc31)c1ccccc12. The molecule has 0 amide bonds. The molecule has 0 aliphatic heterocycles. The Morgan fingerprint density at radius 2 is 1.22 bits per heavy atom. The van der Waals surface area contributed by atoms with Gasteiger partial charge in [-0.15, -0.1) is 0 Å². The van der Waals surface area contributed by atoms with E-state index in [1.54, 1.807) is 5.57 Å². The van der Waals surface area contributed by atoms with Crippen LogP contribution in [0.5, 0.6) is 0 Å². The quantitative estimate of drug-likeness (QED) is 0.433. The van der Waals surface area contributed by atoms with Crippen LogP contribution in [-0.2, 0) is 10.8 Å². The maximum absolute atomic E-state index is 2.46. The van der Waals surface area contributed by atoms with Crippen molar-refractivity contribution in [3.63, 3.8) is 0 Å². The summed E-state index contributed by atoms with van der Waals surface area (Å²) in [7, 11) is 0. The van der Waals surface area contributed by atoms with Gasteiger partial charge in [0, 0.05) is 5.41 Å². The minimum Gasteiger partial charge on any atom is -0.0845 e. The second kappa shape index (κ2) is 5.10. The van der Waals surface area contributed by atoms with Gasteiger partial charge in [-0.05, 0) is 51.8 Å². The van der Waals surface area contributed by atoms with E-state index in [-0.39, 0.29) is 10.8 Å². The van der Waals surface area contributed by atoms with E-state index in [9.17, 15) is 0 Å². The van der Waals surface area contributed by atoms with Crippen LogP contribution in [-0.4, -0.2) is 0 Å². The first kappa shape index (κ1) is 15.2. The van der Waals surface area contributed by atoms with Crippen LogP contribution < -0.4 is 0 Å². The molecular weight excluding hydrogens is 324 g/mol. The molecule has 3 aliphatic carbocycles. The summed E-state index contributed by atoms with van der Waals surface area (Å²) < 4.78 is 0. The van der Waals surface area contributed by atoms with Crippen molar-refractivity contribution >= 4 is 0 Å². The van der Waals surface area contributed by atoms with Crippen LogP contribution in [0.1, 0.15) is 42.0 Å². The summed E-state index contributed by atoms with van der Waals surface area (Å²) in [5, 5.41) is 0. The van der Waals surface area contributed by atoms with Crippen LogP contribution in [0.3, 0.4) is 0 Å². The predicted octanol–water partition coefficient (Wildman–Crippen LogP) is 6.55. The molecule has 0 heterocycles. The van der Waals surface area contributed by atoms with Gasteiger partial charge in [0.05, 0.1) is 5.41 Å². The van der Waals surface area contributed by atoms with Crippen molar-refractivity contribution in [2.24, 2.45) is 0 Å². The summed E-state index contributed by atoms with van der Waals surface area (Å²) >= 11 is 0. The first-order chi connectivity index (χ1) is 13.3. The molecule has 0 saturated heterocycles. The first-order valence-electron chi connectivity index (χ1n) is 9.95. The van der Waals surface area contributed by atoms with E-state index >= 15 is 0 Å². The highest BCUT2D eigenvalue weighted by atomic mass is 14.6. The lowest BCUT2D eigenvalue weighted by molar-refractivity contribution is 0.508. The van der Waals surface area contributed by atoms with E-state index in [0.29, 0.717) is 0 Å². The zero-order valence-corrected chi connectivity index (χ0v) is 15.6. The van der Waals surface area contributed by atoms with Gasteiger partial charge in [0.15, 0.2) is 0 Å². The van der Waals surface area contributed by atoms with Crippen molar-refractivity contribution in [1.82, 2.24) is 0 Å². The van der Waals surface area contributed by atoms with Gasteiger partial charge in [-0.3, -0.25) is 0 Å². The largest absolute Gasteiger partial charge is 0.0845 e. The highest BCUT2D eigenvalue weighted by Crippen LogP contribution is 2.66. The Labute approximate surface area is 160 Å². The summed E-state index contributed by atoms with van der Waals surface area (Å²) in [5.41, 5.74) is 10.1. The van der Waals surface area contributed by atoms with Crippen molar-refractivity contribution in [1.29, 1.82) is 0 Å². The third-order valence-corrected chi connectivity index (χ3v) is 7.09. The standard InChI is InChI=1S/C27H22/c1-26-18-10-2-3-17-25(26)27(24-16-9-8-15-23(24)26)21-13-6-4-11-19(21)20-12-5-7-14-22(20)27/h2-9,11-17H,10,18H2,1H3. The van der Waals surface area contributed by atoms with Crippen LogP contribution in [0.15, 0.2) is 96.6 Å². The fourth-order valence-corrected chi connectivity index (χ4v) is 6.02. The van der Waals surface area contributed by atoms with Crippen LogP contribution in [0.2, 0.25) is 0 Å². The summed E-state index contributed by atoms with van der Waals surface area (Å²) in [5.74, 6) is 0. The molecule has 27 heavy (non-hydrogen) atoms. The maximum Gasteiger partial charge on any atom is 0.0688 e. The molecule has 0 nitrogen and oxygen atoms in total. The van der Waals surface area contributed by atoms with Gasteiger partial charge in [0.2, 0.25) is 0 Å². The monoisotopic (exact) mass is 346 g/mol. The second-order valence-electron chi connectivity index (χ2n) is 8.27. The van der Waals surface area contributed by atoms with Gasteiger partial charge in [-0.1, -0.05) is 97.9 Å². The normalized spacial score (nSPS) is 23.2. The van der Waals surface area contributed by atoms with Crippen molar-refractivity contribution in [2.45, 2.75) is 30.6 Å². The molecule has 6 rings (SSSR count). The molecular formula is C27H22. The molecule has 3 aromatic carbocycles. The number of rotatable bonds is 0. The topological polar surface area (TPSA) is 0 Å². The third kappa shape index (κ3) is 1.65. The van der Waals surface area contributed by atoms with Gasteiger partial charge in [0.25, 0.3) is 0 Å². The molecule has 0 saturated carbocycles. The zero-order chi connectivity index (χ0) is 18.1. The smallest absolute Gasteiger partial charge is 0.0688 e. The third-order valence-electron chi connectivity index (χ3n) is 7.09. The molecule has 0 radical (unpaired) electrons. The van der Waals surface area contributed by atoms with E-state index in [2.05, 4.69) is 97.9 Å².